The molecule has 0 fully saturated rings. The Morgan fingerprint density at radius 1 is 1.23 bits per heavy atom. The van der Waals surface area contributed by atoms with Gasteiger partial charge >= 0.3 is 0 Å². The molecule has 2 aromatic rings. The number of aryl methyl sites for hydroxylation is 1. The molecule has 22 heavy (non-hydrogen) atoms. The van der Waals surface area contributed by atoms with E-state index >= 15 is 0 Å². The third-order valence-electron chi connectivity index (χ3n) is 3.62. The molecule has 0 saturated carbocycles. The van der Waals surface area contributed by atoms with Gasteiger partial charge in [0.25, 0.3) is 0 Å². The van der Waals surface area contributed by atoms with E-state index in [9.17, 15) is 8.42 Å². The smallest absolute Gasteiger partial charge is 0.229 e. The van der Waals surface area contributed by atoms with E-state index < -0.39 is 10.0 Å². The van der Waals surface area contributed by atoms with E-state index in [2.05, 4.69) is 21.2 Å². The Bertz CT molecular complexity index is 664. The fourth-order valence-corrected chi connectivity index (χ4v) is 3.15. The Morgan fingerprint density at radius 2 is 1.95 bits per heavy atom. The quantitative estimate of drug-likeness (QED) is 0.812. The zero-order chi connectivity index (χ0) is 16.0. The molecule has 0 aliphatic rings. The molecule has 0 bridgehead atoms. The van der Waals surface area contributed by atoms with Crippen molar-refractivity contribution < 1.29 is 8.42 Å². The topological polar surface area (TPSA) is 64.0 Å². The maximum atomic E-state index is 11.2. The second-order valence-electron chi connectivity index (χ2n) is 5.57. The highest BCUT2D eigenvalue weighted by molar-refractivity contribution is 7.92. The van der Waals surface area contributed by atoms with Gasteiger partial charge in [-0.2, -0.15) is 0 Å². The van der Waals surface area contributed by atoms with Crippen LogP contribution in [-0.4, -0.2) is 24.2 Å². The Balaban J connectivity index is 2.04. The third-order valence-corrected chi connectivity index (χ3v) is 4.22. The molecular weight excluding hydrogens is 298 g/mol. The van der Waals surface area contributed by atoms with Gasteiger partial charge in [0.2, 0.25) is 10.0 Å². The van der Waals surface area contributed by atoms with E-state index in [0.717, 1.165) is 32.1 Å². The van der Waals surface area contributed by atoms with Crippen molar-refractivity contribution in [3.63, 3.8) is 0 Å². The summed E-state index contributed by atoms with van der Waals surface area (Å²) in [5, 5.41) is 0. The molecule has 1 aromatic heterocycles. The lowest BCUT2D eigenvalue weighted by atomic mass is 9.91. The van der Waals surface area contributed by atoms with Crippen molar-refractivity contribution in [2.75, 3.05) is 11.0 Å². The summed E-state index contributed by atoms with van der Waals surface area (Å²) < 4.78 is 27.1. The number of anilines is 1. The van der Waals surface area contributed by atoms with E-state index in [1.54, 1.807) is 6.20 Å². The van der Waals surface area contributed by atoms with Crippen molar-refractivity contribution >= 4 is 15.7 Å². The van der Waals surface area contributed by atoms with Crippen LogP contribution in [0.5, 0.6) is 0 Å². The number of aromatic nitrogens is 2. The lowest BCUT2D eigenvalue weighted by Crippen LogP contribution is -2.09. The van der Waals surface area contributed by atoms with Crippen LogP contribution in [0.2, 0.25) is 0 Å². The molecule has 0 saturated heterocycles. The Kier molecular flexibility index (Phi) is 5.60. The van der Waals surface area contributed by atoms with Crippen LogP contribution in [0.25, 0.3) is 0 Å². The van der Waals surface area contributed by atoms with Crippen molar-refractivity contribution in [1.82, 2.24) is 9.55 Å². The van der Waals surface area contributed by atoms with Gasteiger partial charge in [-0.3, -0.25) is 4.72 Å². The van der Waals surface area contributed by atoms with Gasteiger partial charge in [-0.25, -0.2) is 13.4 Å². The number of benzene rings is 1. The molecule has 0 aliphatic heterocycles. The number of rotatable bonds is 8. The van der Waals surface area contributed by atoms with E-state index in [0.29, 0.717) is 11.6 Å². The van der Waals surface area contributed by atoms with Gasteiger partial charge in [0.05, 0.1) is 12.6 Å². The zero-order valence-corrected chi connectivity index (χ0v) is 13.9. The summed E-state index contributed by atoms with van der Waals surface area (Å²) in [4.78, 5) is 4.06. The first kappa shape index (κ1) is 16.5. The summed E-state index contributed by atoms with van der Waals surface area (Å²) in [6, 6.07) is 7.69. The Hall–Kier alpha value is -1.82. The highest BCUT2D eigenvalue weighted by Crippen LogP contribution is 2.27. The summed E-state index contributed by atoms with van der Waals surface area (Å²) in [6.07, 6.45) is 10.0. The molecule has 1 heterocycles. The maximum Gasteiger partial charge on any atom is 0.229 e. The third kappa shape index (κ3) is 5.18. The van der Waals surface area contributed by atoms with Crippen molar-refractivity contribution in [2.45, 2.75) is 38.6 Å². The van der Waals surface area contributed by atoms with Gasteiger partial charge in [0.1, 0.15) is 0 Å². The predicted molar refractivity (Wildman–Crippen MR) is 89.4 cm³/mol. The molecule has 0 amide bonds. The average molecular weight is 321 g/mol. The Labute approximate surface area is 132 Å². The lowest BCUT2D eigenvalue weighted by Gasteiger charge is -2.17. The van der Waals surface area contributed by atoms with Gasteiger partial charge in [-0.15, -0.1) is 0 Å². The maximum absolute atomic E-state index is 11.2. The van der Waals surface area contributed by atoms with Crippen LogP contribution in [-0.2, 0) is 16.6 Å². The van der Waals surface area contributed by atoms with Crippen LogP contribution in [0.15, 0.2) is 43.0 Å². The van der Waals surface area contributed by atoms with Gasteiger partial charge in [-0.05, 0) is 36.5 Å². The molecule has 6 heteroatoms. The molecular formula is C16H23N3O2S. The summed E-state index contributed by atoms with van der Waals surface area (Å²) in [6.45, 7) is 3.12. The minimum absolute atomic E-state index is 0.472. The summed E-state index contributed by atoms with van der Waals surface area (Å²) >= 11 is 0. The summed E-state index contributed by atoms with van der Waals surface area (Å²) in [5.74, 6) is 0.472. The molecule has 1 unspecified atom stereocenters. The molecule has 120 valence electrons. The van der Waals surface area contributed by atoms with E-state index in [-0.39, 0.29) is 0 Å². The minimum Gasteiger partial charge on any atom is -0.337 e. The van der Waals surface area contributed by atoms with E-state index in [1.807, 2.05) is 36.8 Å². The number of hydrogen-bond acceptors (Lipinski definition) is 3. The van der Waals surface area contributed by atoms with Gasteiger partial charge in [0.15, 0.2) is 0 Å². The first-order chi connectivity index (χ1) is 10.5. The van der Waals surface area contributed by atoms with E-state index in [1.165, 1.54) is 5.56 Å². The van der Waals surface area contributed by atoms with E-state index in [4.69, 9.17) is 0 Å². The Morgan fingerprint density at radius 3 is 2.50 bits per heavy atom. The van der Waals surface area contributed by atoms with Crippen LogP contribution >= 0.6 is 0 Å². The van der Waals surface area contributed by atoms with Crippen LogP contribution in [0.4, 0.5) is 5.69 Å². The highest BCUT2D eigenvalue weighted by Gasteiger charge is 2.11. The van der Waals surface area contributed by atoms with Crippen LogP contribution in [0, 0.1) is 0 Å². The monoisotopic (exact) mass is 321 g/mol. The second-order valence-corrected chi connectivity index (χ2v) is 7.32. The van der Waals surface area contributed by atoms with Crippen molar-refractivity contribution in [1.29, 1.82) is 0 Å². The van der Waals surface area contributed by atoms with Crippen LogP contribution in [0.3, 0.4) is 0 Å². The summed E-state index contributed by atoms with van der Waals surface area (Å²) in [5.41, 5.74) is 1.86. The summed E-state index contributed by atoms with van der Waals surface area (Å²) in [7, 11) is -3.22. The van der Waals surface area contributed by atoms with Crippen molar-refractivity contribution in [3.8, 4) is 0 Å². The molecule has 1 aromatic carbocycles. The number of sulfonamides is 1. The van der Waals surface area contributed by atoms with Crippen molar-refractivity contribution in [2.24, 2.45) is 0 Å². The SMILES string of the molecule is CCCC(CCn1ccnc1)c1ccc(NS(C)(=O)=O)cc1. The molecule has 5 nitrogen and oxygen atoms in total. The first-order valence-electron chi connectivity index (χ1n) is 7.51. The fraction of sp³-hybridized carbons (Fsp3) is 0.438. The normalized spacial score (nSPS) is 13.0. The van der Waals surface area contributed by atoms with Crippen LogP contribution in [0.1, 0.15) is 37.7 Å². The highest BCUT2D eigenvalue weighted by atomic mass is 32.2. The standard InChI is InChI=1S/C16H23N3O2S/c1-3-4-14(9-11-19-12-10-17-13-19)15-5-7-16(8-6-15)18-22(2,20)21/h5-8,10,12-14,18H,3-4,9,11H2,1-2H3. The average Bonchev–Trinajstić information content (AvgIpc) is 2.96. The van der Waals surface area contributed by atoms with Crippen LogP contribution < -0.4 is 4.72 Å². The van der Waals surface area contributed by atoms with Gasteiger partial charge < -0.3 is 4.57 Å². The number of nitrogens with zero attached hydrogens (tertiary/aromatic N) is 2. The van der Waals surface area contributed by atoms with Gasteiger partial charge in [0, 0.05) is 24.6 Å². The molecule has 1 atom stereocenters. The largest absolute Gasteiger partial charge is 0.337 e. The number of hydrogen-bond donors (Lipinski definition) is 1. The molecule has 0 radical (unpaired) electrons. The molecule has 1 N–H and O–H groups in total. The number of imidazole rings is 1. The first-order valence-corrected chi connectivity index (χ1v) is 9.40. The number of nitrogens with one attached hydrogen (secondary N) is 1. The van der Waals surface area contributed by atoms with Gasteiger partial charge in [-0.1, -0.05) is 25.5 Å². The second kappa shape index (κ2) is 7.45. The fourth-order valence-electron chi connectivity index (χ4n) is 2.59. The predicted octanol–water partition coefficient (Wildman–Crippen LogP) is 3.23. The molecule has 0 spiro atoms. The molecule has 2 rings (SSSR count). The molecule has 0 aliphatic carbocycles. The minimum atomic E-state index is -3.22. The van der Waals surface area contributed by atoms with Crippen molar-refractivity contribution in [3.05, 3.63) is 48.5 Å². The lowest BCUT2D eigenvalue weighted by molar-refractivity contribution is 0.514. The zero-order valence-electron chi connectivity index (χ0n) is 13.1.